The van der Waals surface area contributed by atoms with E-state index in [0.717, 1.165) is 5.56 Å². The molecule has 0 fully saturated rings. The summed E-state index contributed by atoms with van der Waals surface area (Å²) in [6.45, 7) is 1.73. The number of anilines is 1. The summed E-state index contributed by atoms with van der Waals surface area (Å²) in [5.41, 5.74) is 1.81. The highest BCUT2D eigenvalue weighted by atomic mass is 16.5. The predicted octanol–water partition coefficient (Wildman–Crippen LogP) is 3.53. The van der Waals surface area contributed by atoms with E-state index in [1.807, 2.05) is 31.2 Å². The third-order valence-electron chi connectivity index (χ3n) is 3.47. The van der Waals surface area contributed by atoms with Gasteiger partial charge in [-0.05, 0) is 42.8 Å². The summed E-state index contributed by atoms with van der Waals surface area (Å²) in [4.78, 5) is 23.6. The van der Waals surface area contributed by atoms with E-state index in [-0.39, 0.29) is 12.5 Å². The minimum atomic E-state index is -0.469. The van der Waals surface area contributed by atoms with Gasteiger partial charge in [0, 0.05) is 5.69 Å². The molecule has 136 valence electrons. The maximum absolute atomic E-state index is 12.1. The van der Waals surface area contributed by atoms with E-state index >= 15 is 0 Å². The molecule has 0 bridgehead atoms. The van der Waals surface area contributed by atoms with Crippen LogP contribution >= 0.6 is 0 Å². The maximum Gasteiger partial charge on any atom is 0.337 e. The molecule has 1 N–H and O–H groups in total. The van der Waals surface area contributed by atoms with Gasteiger partial charge in [0.15, 0.2) is 18.1 Å². The van der Waals surface area contributed by atoms with E-state index in [4.69, 9.17) is 9.47 Å². The van der Waals surface area contributed by atoms with Crippen LogP contribution in [0.15, 0.2) is 48.5 Å². The zero-order chi connectivity index (χ0) is 18.9. The smallest absolute Gasteiger partial charge is 0.337 e. The van der Waals surface area contributed by atoms with Crippen LogP contribution in [0.1, 0.15) is 22.8 Å². The molecule has 6 heteroatoms. The summed E-state index contributed by atoms with van der Waals surface area (Å²) >= 11 is 0. The number of hydrogen-bond acceptors (Lipinski definition) is 5. The van der Waals surface area contributed by atoms with Crippen molar-refractivity contribution in [1.82, 2.24) is 0 Å². The van der Waals surface area contributed by atoms with Crippen LogP contribution < -0.4 is 14.8 Å². The van der Waals surface area contributed by atoms with E-state index in [1.165, 1.54) is 13.2 Å². The normalized spacial score (nSPS) is 10.4. The van der Waals surface area contributed by atoms with Gasteiger partial charge in [0.25, 0.3) is 5.91 Å². The Morgan fingerprint density at radius 3 is 2.58 bits per heavy atom. The fourth-order valence-electron chi connectivity index (χ4n) is 2.28. The van der Waals surface area contributed by atoms with Crippen molar-refractivity contribution in [2.75, 3.05) is 26.1 Å². The molecule has 0 heterocycles. The van der Waals surface area contributed by atoms with Gasteiger partial charge in [0.2, 0.25) is 0 Å². The van der Waals surface area contributed by atoms with Crippen LogP contribution in [0, 0.1) is 0 Å². The average Bonchev–Trinajstić information content (AvgIpc) is 2.66. The first-order valence-corrected chi connectivity index (χ1v) is 7.99. The molecule has 2 rings (SSSR count). The summed E-state index contributed by atoms with van der Waals surface area (Å²) < 4.78 is 15.5. The van der Waals surface area contributed by atoms with Crippen LogP contribution in [-0.4, -0.2) is 32.7 Å². The molecule has 26 heavy (non-hydrogen) atoms. The largest absolute Gasteiger partial charge is 0.493 e. The number of hydrogen-bond donors (Lipinski definition) is 1. The molecule has 0 aliphatic heterocycles. The molecule has 6 nitrogen and oxygen atoms in total. The maximum atomic E-state index is 12.1. The van der Waals surface area contributed by atoms with Gasteiger partial charge < -0.3 is 19.5 Å². The van der Waals surface area contributed by atoms with Crippen molar-refractivity contribution in [1.29, 1.82) is 0 Å². The summed E-state index contributed by atoms with van der Waals surface area (Å²) in [5.74, 6) is 0.190. The Labute approximate surface area is 152 Å². The molecular formula is C20H21NO5. The quantitative estimate of drug-likeness (QED) is 0.769. The summed E-state index contributed by atoms with van der Waals surface area (Å²) in [6.07, 6.45) is 3.86. The van der Waals surface area contributed by atoms with Gasteiger partial charge in [0.1, 0.15) is 0 Å². The van der Waals surface area contributed by atoms with E-state index < -0.39 is 5.97 Å². The van der Waals surface area contributed by atoms with Crippen molar-refractivity contribution in [3.63, 3.8) is 0 Å². The van der Waals surface area contributed by atoms with Crippen molar-refractivity contribution in [2.24, 2.45) is 0 Å². The van der Waals surface area contributed by atoms with Gasteiger partial charge in [-0.3, -0.25) is 4.79 Å². The number of benzene rings is 2. The Balaban J connectivity index is 2.00. The minimum absolute atomic E-state index is 0.193. The Morgan fingerprint density at radius 1 is 1.08 bits per heavy atom. The standard InChI is InChI=1S/C20H21NO5/c1-4-6-14-9-10-17(18(11-14)24-2)26-13-19(22)21-16-8-5-7-15(12-16)20(23)25-3/h4-12H,13H2,1-3H3,(H,21,22)/b6-4+. The molecule has 1 amide bonds. The number of allylic oxidation sites excluding steroid dienone is 1. The minimum Gasteiger partial charge on any atom is -0.493 e. The molecule has 0 saturated carbocycles. The van der Waals surface area contributed by atoms with Crippen molar-refractivity contribution >= 4 is 23.6 Å². The highest BCUT2D eigenvalue weighted by Crippen LogP contribution is 2.28. The van der Waals surface area contributed by atoms with Crippen molar-refractivity contribution < 1.29 is 23.8 Å². The topological polar surface area (TPSA) is 73.9 Å². The van der Waals surface area contributed by atoms with Crippen LogP contribution in [0.4, 0.5) is 5.69 Å². The number of esters is 1. The van der Waals surface area contributed by atoms with Crippen LogP contribution in [0.25, 0.3) is 6.08 Å². The summed E-state index contributed by atoms with van der Waals surface area (Å²) in [5, 5.41) is 2.68. The lowest BCUT2D eigenvalue weighted by atomic mass is 10.2. The van der Waals surface area contributed by atoms with Gasteiger partial charge in [-0.25, -0.2) is 4.79 Å². The lowest BCUT2D eigenvalue weighted by Gasteiger charge is -2.12. The molecule has 0 spiro atoms. The molecule has 0 atom stereocenters. The van der Waals surface area contributed by atoms with E-state index in [2.05, 4.69) is 10.1 Å². The first-order valence-electron chi connectivity index (χ1n) is 7.99. The number of carbonyl (C=O) groups excluding carboxylic acids is 2. The Kier molecular flexibility index (Phi) is 6.79. The summed E-state index contributed by atoms with van der Waals surface area (Å²) in [6, 6.07) is 11.9. The summed E-state index contributed by atoms with van der Waals surface area (Å²) in [7, 11) is 2.84. The monoisotopic (exact) mass is 355 g/mol. The van der Waals surface area contributed by atoms with Gasteiger partial charge in [-0.15, -0.1) is 0 Å². The molecule has 0 saturated heterocycles. The molecule has 0 aromatic heterocycles. The van der Waals surface area contributed by atoms with Crippen LogP contribution in [0.3, 0.4) is 0 Å². The van der Waals surface area contributed by atoms with Crippen molar-refractivity contribution in [3.8, 4) is 11.5 Å². The van der Waals surface area contributed by atoms with Crippen LogP contribution in [0.2, 0.25) is 0 Å². The van der Waals surface area contributed by atoms with Crippen LogP contribution in [-0.2, 0) is 9.53 Å². The predicted molar refractivity (Wildman–Crippen MR) is 99.6 cm³/mol. The molecule has 0 unspecified atom stereocenters. The van der Waals surface area contributed by atoms with Gasteiger partial charge in [-0.2, -0.15) is 0 Å². The lowest BCUT2D eigenvalue weighted by molar-refractivity contribution is -0.118. The fourth-order valence-corrected chi connectivity index (χ4v) is 2.28. The SMILES string of the molecule is C/C=C/c1ccc(OCC(=O)Nc2cccc(C(=O)OC)c2)c(OC)c1. The number of nitrogens with one attached hydrogen (secondary N) is 1. The molecular weight excluding hydrogens is 334 g/mol. The van der Waals surface area contributed by atoms with Gasteiger partial charge in [0.05, 0.1) is 19.8 Å². The van der Waals surface area contributed by atoms with Crippen molar-refractivity contribution in [2.45, 2.75) is 6.92 Å². The average molecular weight is 355 g/mol. The molecule has 0 aliphatic rings. The van der Waals surface area contributed by atoms with E-state index in [0.29, 0.717) is 22.7 Å². The zero-order valence-corrected chi connectivity index (χ0v) is 14.9. The Hall–Kier alpha value is -3.28. The fraction of sp³-hybridized carbons (Fsp3) is 0.200. The molecule has 0 radical (unpaired) electrons. The van der Waals surface area contributed by atoms with Crippen LogP contribution in [0.5, 0.6) is 11.5 Å². The number of rotatable bonds is 7. The van der Waals surface area contributed by atoms with Gasteiger partial charge in [-0.1, -0.05) is 24.3 Å². The second kappa shape index (κ2) is 9.27. The Bertz CT molecular complexity index is 814. The third kappa shape index (κ3) is 5.11. The van der Waals surface area contributed by atoms with E-state index in [9.17, 15) is 9.59 Å². The van der Waals surface area contributed by atoms with Crippen molar-refractivity contribution in [3.05, 3.63) is 59.7 Å². The first kappa shape index (κ1) is 19.1. The molecule has 0 aliphatic carbocycles. The van der Waals surface area contributed by atoms with E-state index in [1.54, 1.807) is 31.4 Å². The molecule has 2 aromatic rings. The number of methoxy groups -OCH3 is 2. The number of carbonyl (C=O) groups is 2. The highest BCUT2D eigenvalue weighted by molar-refractivity contribution is 5.95. The van der Waals surface area contributed by atoms with Gasteiger partial charge >= 0.3 is 5.97 Å². The number of amides is 1. The lowest BCUT2D eigenvalue weighted by Crippen LogP contribution is -2.20. The molecule has 2 aromatic carbocycles. The first-order chi connectivity index (χ1) is 12.6. The second-order valence-corrected chi connectivity index (χ2v) is 5.32. The second-order valence-electron chi connectivity index (χ2n) is 5.32. The number of ether oxygens (including phenoxy) is 3. The third-order valence-corrected chi connectivity index (χ3v) is 3.47. The highest BCUT2D eigenvalue weighted by Gasteiger charge is 2.10. The Morgan fingerprint density at radius 2 is 1.88 bits per heavy atom. The zero-order valence-electron chi connectivity index (χ0n) is 14.9.